The van der Waals surface area contributed by atoms with Crippen LogP contribution in [0.2, 0.25) is 0 Å². The minimum Gasteiger partial charge on any atom is -0.255 e. The highest BCUT2D eigenvalue weighted by Crippen LogP contribution is 2.19. The van der Waals surface area contributed by atoms with E-state index < -0.39 is 0 Å². The van der Waals surface area contributed by atoms with Crippen molar-refractivity contribution in [1.82, 2.24) is 10.4 Å². The van der Waals surface area contributed by atoms with Crippen molar-refractivity contribution in [3.05, 3.63) is 41.5 Å². The van der Waals surface area contributed by atoms with E-state index in [4.69, 9.17) is 0 Å². The van der Waals surface area contributed by atoms with Gasteiger partial charge in [0.05, 0.1) is 0 Å². The fourth-order valence-electron chi connectivity index (χ4n) is 1.78. The molecule has 0 heterocycles. The Morgan fingerprint density at radius 1 is 1.38 bits per heavy atom. The molecule has 0 radical (unpaired) electrons. The smallest absolute Gasteiger partial charge is 0.0384 e. The molecule has 1 aromatic carbocycles. The number of benzene rings is 1. The first-order valence-corrected chi connectivity index (χ1v) is 5.84. The fraction of sp³-hybridized carbons (Fsp3) is 0.429. The van der Waals surface area contributed by atoms with E-state index in [2.05, 4.69) is 68.6 Å². The van der Waals surface area contributed by atoms with E-state index >= 15 is 0 Å². The summed E-state index contributed by atoms with van der Waals surface area (Å²) in [6, 6.07) is 8.57. The first-order chi connectivity index (χ1) is 7.69. The maximum Gasteiger partial charge on any atom is 0.0384 e. The zero-order valence-corrected chi connectivity index (χ0v) is 10.7. The van der Waals surface area contributed by atoms with Crippen LogP contribution in [0.3, 0.4) is 0 Å². The van der Waals surface area contributed by atoms with Crippen molar-refractivity contribution in [2.24, 2.45) is 0 Å². The quantitative estimate of drug-likeness (QED) is 0.764. The highest BCUT2D eigenvalue weighted by Gasteiger charge is 2.05. The van der Waals surface area contributed by atoms with Gasteiger partial charge in [0.15, 0.2) is 0 Å². The lowest BCUT2D eigenvalue weighted by Gasteiger charge is -2.19. The maximum atomic E-state index is 3.29. The Morgan fingerprint density at radius 3 is 2.69 bits per heavy atom. The van der Waals surface area contributed by atoms with Crippen LogP contribution in [0.5, 0.6) is 0 Å². The van der Waals surface area contributed by atoms with Crippen LogP contribution in [0, 0.1) is 0 Å². The van der Waals surface area contributed by atoms with Crippen molar-refractivity contribution in [1.29, 1.82) is 0 Å². The number of hydrogen-bond acceptors (Lipinski definition) is 2. The van der Waals surface area contributed by atoms with Gasteiger partial charge in [-0.3, -0.25) is 5.43 Å². The zero-order chi connectivity index (χ0) is 12.0. The first kappa shape index (κ1) is 12.9. The highest BCUT2D eigenvalue weighted by atomic mass is 15.5. The first-order valence-electron chi connectivity index (χ1n) is 5.84. The Balaban J connectivity index is 2.87. The second-order valence-electron chi connectivity index (χ2n) is 4.00. The van der Waals surface area contributed by atoms with Gasteiger partial charge in [0.2, 0.25) is 0 Å². The topological polar surface area (TPSA) is 15.3 Å². The molecule has 0 fully saturated rings. The molecule has 0 aromatic heterocycles. The molecule has 88 valence electrons. The summed E-state index contributed by atoms with van der Waals surface area (Å²) < 4.78 is 0. The third-order valence-electron chi connectivity index (χ3n) is 2.71. The summed E-state index contributed by atoms with van der Waals surface area (Å²) in [5.41, 5.74) is 7.33. The molecule has 2 heteroatoms. The standard InChI is InChI=1S/C14H22N2/c1-5-12(3)14-10-8-7-9-13(14)11-16(4)15-6-2/h5,7-10,15H,6,11H2,1-4H3. The largest absolute Gasteiger partial charge is 0.255 e. The van der Waals surface area contributed by atoms with Crippen LogP contribution < -0.4 is 5.43 Å². The van der Waals surface area contributed by atoms with Crippen molar-refractivity contribution >= 4 is 5.57 Å². The molecule has 0 saturated carbocycles. The molecule has 0 atom stereocenters. The predicted molar refractivity (Wildman–Crippen MR) is 70.9 cm³/mol. The van der Waals surface area contributed by atoms with Crippen LogP contribution >= 0.6 is 0 Å². The van der Waals surface area contributed by atoms with Gasteiger partial charge in [0.25, 0.3) is 0 Å². The SMILES string of the molecule is CC=C(C)c1ccccc1CN(C)NCC. The second kappa shape index (κ2) is 6.46. The number of nitrogens with one attached hydrogen (secondary N) is 1. The van der Waals surface area contributed by atoms with Gasteiger partial charge in [0, 0.05) is 20.1 Å². The van der Waals surface area contributed by atoms with Crippen LogP contribution in [0.25, 0.3) is 5.57 Å². The van der Waals surface area contributed by atoms with Gasteiger partial charge in [-0.05, 0) is 30.5 Å². The van der Waals surface area contributed by atoms with E-state index in [1.807, 2.05) is 0 Å². The van der Waals surface area contributed by atoms with Crippen molar-refractivity contribution in [3.63, 3.8) is 0 Å². The third-order valence-corrected chi connectivity index (χ3v) is 2.71. The Labute approximate surface area is 98.9 Å². The summed E-state index contributed by atoms with van der Waals surface area (Å²) in [5.74, 6) is 0. The molecule has 0 unspecified atom stereocenters. The van der Waals surface area contributed by atoms with Crippen molar-refractivity contribution < 1.29 is 0 Å². The highest BCUT2D eigenvalue weighted by molar-refractivity contribution is 5.66. The van der Waals surface area contributed by atoms with Gasteiger partial charge in [-0.15, -0.1) is 0 Å². The lowest BCUT2D eigenvalue weighted by atomic mass is 10.0. The minimum atomic E-state index is 0.926. The van der Waals surface area contributed by atoms with Crippen molar-refractivity contribution in [2.75, 3.05) is 13.6 Å². The molecule has 0 aliphatic rings. The number of rotatable bonds is 5. The summed E-state index contributed by atoms with van der Waals surface area (Å²) in [6.45, 7) is 8.24. The van der Waals surface area contributed by atoms with E-state index in [1.54, 1.807) is 0 Å². The van der Waals surface area contributed by atoms with Crippen LogP contribution in [0.1, 0.15) is 31.9 Å². The van der Waals surface area contributed by atoms with Crippen LogP contribution in [0.15, 0.2) is 30.3 Å². The normalized spacial score (nSPS) is 12.2. The lowest BCUT2D eigenvalue weighted by Crippen LogP contribution is -2.33. The van der Waals surface area contributed by atoms with Crippen LogP contribution in [-0.2, 0) is 6.54 Å². The molecule has 0 bridgehead atoms. The Bertz CT molecular complexity index is 356. The molecule has 1 rings (SSSR count). The summed E-state index contributed by atoms with van der Waals surface area (Å²) in [4.78, 5) is 0. The van der Waals surface area contributed by atoms with Gasteiger partial charge in [-0.1, -0.05) is 37.3 Å². The molecular formula is C14H22N2. The van der Waals surface area contributed by atoms with Gasteiger partial charge < -0.3 is 0 Å². The van der Waals surface area contributed by atoms with Crippen LogP contribution in [-0.4, -0.2) is 18.6 Å². The predicted octanol–water partition coefficient (Wildman–Crippen LogP) is 3.07. The van der Waals surface area contributed by atoms with Gasteiger partial charge >= 0.3 is 0 Å². The van der Waals surface area contributed by atoms with Gasteiger partial charge in [0.1, 0.15) is 0 Å². The number of hydrazine groups is 1. The molecule has 0 spiro atoms. The van der Waals surface area contributed by atoms with Gasteiger partial charge in [-0.25, -0.2) is 5.01 Å². The summed E-state index contributed by atoms with van der Waals surface area (Å²) in [5, 5.41) is 2.13. The third kappa shape index (κ3) is 3.47. The van der Waals surface area contributed by atoms with Crippen LogP contribution in [0.4, 0.5) is 0 Å². The molecule has 0 aliphatic carbocycles. The molecule has 0 saturated heterocycles. The zero-order valence-electron chi connectivity index (χ0n) is 10.7. The Hall–Kier alpha value is -1.12. The molecule has 1 N–H and O–H groups in total. The number of allylic oxidation sites excluding steroid dienone is 2. The molecular weight excluding hydrogens is 196 g/mol. The number of hydrogen-bond donors (Lipinski definition) is 1. The summed E-state index contributed by atoms with van der Waals surface area (Å²) >= 11 is 0. The summed E-state index contributed by atoms with van der Waals surface area (Å²) in [7, 11) is 2.07. The van der Waals surface area contributed by atoms with E-state index in [0.29, 0.717) is 0 Å². The van der Waals surface area contributed by atoms with E-state index in [0.717, 1.165) is 13.1 Å². The Morgan fingerprint density at radius 2 is 2.06 bits per heavy atom. The monoisotopic (exact) mass is 218 g/mol. The van der Waals surface area contributed by atoms with Crippen molar-refractivity contribution in [3.8, 4) is 0 Å². The summed E-state index contributed by atoms with van der Waals surface area (Å²) in [6.07, 6.45) is 2.16. The maximum absolute atomic E-state index is 3.29. The lowest BCUT2D eigenvalue weighted by molar-refractivity contribution is 0.232. The van der Waals surface area contributed by atoms with Crippen molar-refractivity contribution in [2.45, 2.75) is 27.3 Å². The molecule has 1 aromatic rings. The molecule has 0 amide bonds. The molecule has 2 nitrogen and oxygen atoms in total. The Kier molecular flexibility index (Phi) is 5.23. The minimum absolute atomic E-state index is 0.926. The average molecular weight is 218 g/mol. The van der Waals surface area contributed by atoms with E-state index in [9.17, 15) is 0 Å². The van der Waals surface area contributed by atoms with E-state index in [-0.39, 0.29) is 0 Å². The molecule has 0 aliphatic heterocycles. The average Bonchev–Trinajstić information content (AvgIpc) is 2.29. The second-order valence-corrected chi connectivity index (χ2v) is 4.00. The van der Waals surface area contributed by atoms with Gasteiger partial charge in [-0.2, -0.15) is 0 Å². The van der Waals surface area contributed by atoms with E-state index in [1.165, 1.54) is 16.7 Å². The molecule has 16 heavy (non-hydrogen) atoms. The fourth-order valence-corrected chi connectivity index (χ4v) is 1.78. The number of nitrogens with zero attached hydrogens (tertiary/aromatic N) is 1.